The van der Waals surface area contributed by atoms with E-state index >= 15 is 0 Å². The normalized spacial score (nSPS) is 14.1. The predicted molar refractivity (Wildman–Crippen MR) is 100 cm³/mol. The molecular weight excluding hydrogens is 363 g/mol. The minimum Gasteiger partial charge on any atom is -0.748 e. The molecule has 0 radical (unpaired) electrons. The molecule has 0 bridgehead atoms. The maximum Gasteiger partial charge on any atom is 1.00 e. The molecule has 4 nitrogen and oxygen atoms in total. The first-order valence-electron chi connectivity index (χ1n) is 10.0. The Kier molecular flexibility index (Phi) is 21.7. The van der Waals surface area contributed by atoms with Crippen LogP contribution in [0.2, 0.25) is 0 Å². The summed E-state index contributed by atoms with van der Waals surface area (Å²) in [5.41, 5.74) is 0. The van der Waals surface area contributed by atoms with Crippen molar-refractivity contribution in [1.82, 2.24) is 0 Å². The van der Waals surface area contributed by atoms with E-state index in [1.807, 2.05) is 6.92 Å². The van der Waals surface area contributed by atoms with Gasteiger partial charge in [-0.25, -0.2) is 8.42 Å². The number of aliphatic hydroxyl groups is 1. The van der Waals surface area contributed by atoms with Gasteiger partial charge in [0.25, 0.3) is 0 Å². The first kappa shape index (κ1) is 28.7. The molecule has 0 saturated heterocycles. The Morgan fingerprint density at radius 2 is 1.12 bits per heavy atom. The molecule has 1 N–H and O–H groups in total. The van der Waals surface area contributed by atoms with Gasteiger partial charge in [-0.05, 0) is 26.2 Å². The Morgan fingerprint density at radius 3 is 1.48 bits per heavy atom. The molecule has 0 fully saturated rings. The van der Waals surface area contributed by atoms with Crippen LogP contribution in [0.3, 0.4) is 0 Å². The molecule has 0 aliphatic carbocycles. The molecule has 0 spiro atoms. The van der Waals surface area contributed by atoms with Crippen molar-refractivity contribution in [2.45, 2.75) is 122 Å². The Hall–Kier alpha value is 1.51. The van der Waals surface area contributed by atoms with Crippen molar-refractivity contribution in [2.24, 2.45) is 0 Å². The second-order valence-electron chi connectivity index (χ2n) is 7.22. The zero-order valence-corrected chi connectivity index (χ0v) is 20.8. The van der Waals surface area contributed by atoms with Gasteiger partial charge < -0.3 is 9.66 Å². The van der Waals surface area contributed by atoms with Crippen molar-refractivity contribution < 1.29 is 69.5 Å². The molecule has 25 heavy (non-hydrogen) atoms. The van der Waals surface area contributed by atoms with E-state index in [1.165, 1.54) is 19.3 Å². The third kappa shape index (κ3) is 20.1. The quantitative estimate of drug-likeness (QED) is 0.230. The topological polar surface area (TPSA) is 77.4 Å². The molecule has 0 aliphatic rings. The summed E-state index contributed by atoms with van der Waals surface area (Å²) in [6.45, 7) is 3.97. The van der Waals surface area contributed by atoms with E-state index in [1.54, 1.807) is 0 Å². The minimum absolute atomic E-state index is 0. The van der Waals surface area contributed by atoms with E-state index < -0.39 is 15.4 Å². The number of hydrogen-bond donors (Lipinski definition) is 1. The first-order chi connectivity index (χ1) is 11.4. The molecule has 0 rings (SSSR count). The SMILES string of the molecule is CCCCCCCC(CCCCCCCCCC(C)O)S(=O)(=O)[O-].[K+]. The maximum absolute atomic E-state index is 11.4. The van der Waals surface area contributed by atoms with Crippen LogP contribution in [-0.4, -0.2) is 29.4 Å². The third-order valence-electron chi connectivity index (χ3n) is 4.69. The van der Waals surface area contributed by atoms with Crippen molar-refractivity contribution in [3.63, 3.8) is 0 Å². The van der Waals surface area contributed by atoms with Crippen molar-refractivity contribution >= 4 is 10.1 Å². The van der Waals surface area contributed by atoms with E-state index in [0.717, 1.165) is 64.2 Å². The average molecular weight is 403 g/mol. The van der Waals surface area contributed by atoms with Crippen LogP contribution in [0.1, 0.15) is 110 Å². The smallest absolute Gasteiger partial charge is 0.748 e. The van der Waals surface area contributed by atoms with Crippen molar-refractivity contribution in [1.29, 1.82) is 0 Å². The van der Waals surface area contributed by atoms with Gasteiger partial charge in [0.1, 0.15) is 0 Å². The van der Waals surface area contributed by atoms with Gasteiger partial charge in [0, 0.05) is 5.25 Å². The van der Waals surface area contributed by atoms with Gasteiger partial charge in [-0.15, -0.1) is 0 Å². The third-order valence-corrected chi connectivity index (χ3v) is 5.97. The fraction of sp³-hybridized carbons (Fsp3) is 1.00. The number of rotatable bonds is 17. The molecule has 6 heteroatoms. The molecule has 0 aromatic rings. The van der Waals surface area contributed by atoms with Crippen molar-refractivity contribution in [3.8, 4) is 0 Å². The second kappa shape index (κ2) is 18.9. The van der Waals surface area contributed by atoms with Gasteiger partial charge in [0.15, 0.2) is 0 Å². The van der Waals surface area contributed by atoms with Crippen LogP contribution in [0.5, 0.6) is 0 Å². The van der Waals surface area contributed by atoms with Crippen LogP contribution in [0.25, 0.3) is 0 Å². The van der Waals surface area contributed by atoms with Crippen molar-refractivity contribution in [2.75, 3.05) is 0 Å². The second-order valence-corrected chi connectivity index (χ2v) is 8.87. The van der Waals surface area contributed by atoms with Gasteiger partial charge in [-0.3, -0.25) is 0 Å². The summed E-state index contributed by atoms with van der Waals surface area (Å²) in [6.07, 6.45) is 14.7. The first-order valence-corrected chi connectivity index (χ1v) is 11.5. The van der Waals surface area contributed by atoms with Gasteiger partial charge in [-0.2, -0.15) is 0 Å². The van der Waals surface area contributed by atoms with E-state index in [-0.39, 0.29) is 57.5 Å². The maximum atomic E-state index is 11.4. The molecule has 146 valence electrons. The largest absolute Gasteiger partial charge is 1.00 e. The summed E-state index contributed by atoms with van der Waals surface area (Å²) in [7, 11) is -4.14. The Bertz CT molecular complexity index is 372. The summed E-state index contributed by atoms with van der Waals surface area (Å²) >= 11 is 0. The molecule has 0 aromatic carbocycles. The molecule has 2 atom stereocenters. The van der Waals surface area contributed by atoms with Gasteiger partial charge >= 0.3 is 51.4 Å². The molecule has 2 unspecified atom stereocenters. The van der Waals surface area contributed by atoms with Crippen LogP contribution in [0, 0.1) is 0 Å². The standard InChI is InChI=1S/C19H40O4S.K/c1-3-4-5-9-13-16-19(24(21,22)23)17-14-11-8-6-7-10-12-15-18(2)20;/h18-20H,3-17H2,1-2H3,(H,21,22,23);/q;+1/p-1. The van der Waals surface area contributed by atoms with Crippen LogP contribution in [0.15, 0.2) is 0 Å². The molecule has 0 aliphatic heterocycles. The number of aliphatic hydroxyl groups excluding tert-OH is 1. The van der Waals surface area contributed by atoms with Crippen LogP contribution < -0.4 is 51.4 Å². The van der Waals surface area contributed by atoms with Gasteiger partial charge in [0.05, 0.1) is 16.2 Å². The van der Waals surface area contributed by atoms with E-state index in [2.05, 4.69) is 6.92 Å². The van der Waals surface area contributed by atoms with Gasteiger partial charge in [-0.1, -0.05) is 84.0 Å². The zero-order chi connectivity index (χ0) is 18.3. The predicted octanol–water partition coefficient (Wildman–Crippen LogP) is 2.16. The van der Waals surface area contributed by atoms with E-state index in [0.29, 0.717) is 12.8 Å². The van der Waals surface area contributed by atoms with Gasteiger partial charge in [0.2, 0.25) is 0 Å². The fourth-order valence-corrected chi connectivity index (χ4v) is 4.01. The summed E-state index contributed by atoms with van der Waals surface area (Å²) < 4.78 is 34.1. The Balaban J connectivity index is 0. The average Bonchev–Trinajstić information content (AvgIpc) is 2.49. The summed E-state index contributed by atoms with van der Waals surface area (Å²) in [4.78, 5) is 0. The molecular formula is C19H39KO4S. The monoisotopic (exact) mass is 402 g/mol. The fourth-order valence-electron chi connectivity index (χ4n) is 3.10. The number of unbranched alkanes of at least 4 members (excludes halogenated alkanes) is 10. The molecule has 0 amide bonds. The van der Waals surface area contributed by atoms with E-state index in [9.17, 15) is 18.1 Å². The van der Waals surface area contributed by atoms with Crippen LogP contribution >= 0.6 is 0 Å². The summed E-state index contributed by atoms with van der Waals surface area (Å²) in [5.74, 6) is 0. The number of hydrogen-bond acceptors (Lipinski definition) is 4. The molecule has 0 saturated carbocycles. The van der Waals surface area contributed by atoms with Crippen molar-refractivity contribution in [3.05, 3.63) is 0 Å². The Labute approximate surface area is 199 Å². The minimum atomic E-state index is -4.14. The summed E-state index contributed by atoms with van der Waals surface area (Å²) in [6, 6.07) is 0. The van der Waals surface area contributed by atoms with Crippen LogP contribution in [0.4, 0.5) is 0 Å². The molecule has 0 aromatic heterocycles. The Morgan fingerprint density at radius 1 is 0.760 bits per heavy atom. The van der Waals surface area contributed by atoms with Crippen LogP contribution in [-0.2, 0) is 10.1 Å². The zero-order valence-electron chi connectivity index (χ0n) is 16.8. The molecule has 0 heterocycles. The summed E-state index contributed by atoms with van der Waals surface area (Å²) in [5, 5.41) is 8.50. The van der Waals surface area contributed by atoms with E-state index in [4.69, 9.17) is 0 Å².